The summed E-state index contributed by atoms with van der Waals surface area (Å²) in [4.78, 5) is 0. The zero-order valence-electron chi connectivity index (χ0n) is 36.6. The van der Waals surface area contributed by atoms with Crippen LogP contribution in [0.1, 0.15) is 222 Å². The number of rotatable bonds is 42. The summed E-state index contributed by atoms with van der Waals surface area (Å²) in [5.41, 5.74) is 0. The van der Waals surface area contributed by atoms with Crippen LogP contribution in [-0.4, -0.2) is 52.2 Å². The van der Waals surface area contributed by atoms with Gasteiger partial charge in [0.2, 0.25) is 0 Å². The molecule has 0 aliphatic carbocycles. The zero-order chi connectivity index (χ0) is 39.0. The Labute approximate surface area is 330 Å². The highest BCUT2D eigenvalue weighted by atomic mass is 16.7. The third kappa shape index (κ3) is 28.6. The molecular formula is C46H90O7. The van der Waals surface area contributed by atoms with E-state index in [-0.39, 0.29) is 25.8 Å². The van der Waals surface area contributed by atoms with Crippen molar-refractivity contribution in [2.75, 3.05) is 40.0 Å². The lowest BCUT2D eigenvalue weighted by molar-refractivity contribution is -0.167. The fourth-order valence-corrected chi connectivity index (χ4v) is 6.28. The molecule has 0 N–H and O–H groups in total. The van der Waals surface area contributed by atoms with Crippen molar-refractivity contribution in [1.29, 1.82) is 0 Å². The van der Waals surface area contributed by atoms with Gasteiger partial charge in [0, 0.05) is 12.8 Å². The average Bonchev–Trinajstić information content (AvgIpc) is 3.17. The van der Waals surface area contributed by atoms with Gasteiger partial charge in [-0.15, -0.1) is 0 Å². The second kappa shape index (κ2) is 40.2. The molecule has 0 spiro atoms. The van der Waals surface area contributed by atoms with Crippen molar-refractivity contribution in [3.05, 3.63) is 23.0 Å². The van der Waals surface area contributed by atoms with Gasteiger partial charge in [0.15, 0.2) is 25.1 Å². The Hall–Kier alpha value is -1.44. The third-order valence-electron chi connectivity index (χ3n) is 9.38. The summed E-state index contributed by atoms with van der Waals surface area (Å²) in [6.45, 7) is 20.6. The first-order chi connectivity index (χ1) is 26.1. The van der Waals surface area contributed by atoms with Gasteiger partial charge in [0.25, 0.3) is 0 Å². The van der Waals surface area contributed by atoms with Crippen molar-refractivity contribution in [2.45, 2.75) is 235 Å². The van der Waals surface area contributed by atoms with E-state index in [1.807, 2.05) is 0 Å². The fourth-order valence-electron chi connectivity index (χ4n) is 6.28. The first-order valence-corrected chi connectivity index (χ1v) is 22.9. The molecule has 0 aliphatic heterocycles. The van der Waals surface area contributed by atoms with E-state index in [0.29, 0.717) is 26.4 Å². The Kier molecular flexibility index (Phi) is 39.1. The first-order valence-electron chi connectivity index (χ1n) is 22.9. The number of hydrogen-bond acceptors (Lipinski definition) is 7. The summed E-state index contributed by atoms with van der Waals surface area (Å²) in [6, 6.07) is 0. The fraction of sp³-hybridized carbons (Fsp3) is 0.913. The Morgan fingerprint density at radius 3 is 1.02 bits per heavy atom. The molecule has 0 aromatic heterocycles. The molecule has 53 heavy (non-hydrogen) atoms. The number of ether oxygens (including phenoxy) is 7. The molecule has 0 saturated carbocycles. The minimum Gasteiger partial charge on any atom is -0.494 e. The van der Waals surface area contributed by atoms with Gasteiger partial charge in [-0.05, 0) is 51.4 Å². The Morgan fingerprint density at radius 2 is 0.660 bits per heavy atom. The molecule has 7 nitrogen and oxygen atoms in total. The van der Waals surface area contributed by atoms with Crippen LogP contribution in [0.4, 0.5) is 0 Å². The van der Waals surface area contributed by atoms with E-state index < -0.39 is 0 Å². The molecule has 0 aliphatic rings. The van der Waals surface area contributed by atoms with Crippen LogP contribution in [0.2, 0.25) is 0 Å². The SMILES string of the molecule is CCCCCCCCC(OCOCOC(CCCCCCCC)C(OCCC)=C(CCCCC)OCCC)C(OCCC)=C(CCCCC)OCCC. The Morgan fingerprint density at radius 1 is 0.340 bits per heavy atom. The predicted molar refractivity (Wildman–Crippen MR) is 224 cm³/mol. The topological polar surface area (TPSA) is 64.6 Å². The van der Waals surface area contributed by atoms with Crippen LogP contribution in [0, 0.1) is 0 Å². The van der Waals surface area contributed by atoms with Gasteiger partial charge in [-0.25, -0.2) is 0 Å². The molecule has 0 radical (unpaired) electrons. The largest absolute Gasteiger partial charge is 0.494 e. The lowest BCUT2D eigenvalue weighted by Crippen LogP contribution is -2.25. The second-order valence-corrected chi connectivity index (χ2v) is 14.7. The van der Waals surface area contributed by atoms with E-state index in [2.05, 4.69) is 55.4 Å². The molecule has 0 amide bonds. The predicted octanol–water partition coefficient (Wildman–Crippen LogP) is 14.5. The summed E-state index contributed by atoms with van der Waals surface area (Å²) >= 11 is 0. The van der Waals surface area contributed by atoms with Crippen molar-refractivity contribution < 1.29 is 33.2 Å². The quantitative estimate of drug-likeness (QED) is 0.0349. The van der Waals surface area contributed by atoms with Crippen molar-refractivity contribution in [3.8, 4) is 0 Å². The molecule has 0 bridgehead atoms. The maximum absolute atomic E-state index is 6.57. The van der Waals surface area contributed by atoms with Crippen molar-refractivity contribution >= 4 is 0 Å². The van der Waals surface area contributed by atoms with E-state index in [9.17, 15) is 0 Å². The summed E-state index contributed by atoms with van der Waals surface area (Å²) in [5, 5.41) is 0. The Bertz CT molecular complexity index is 761. The standard InChI is InChI=1S/C46H90O7/c1-9-17-21-23-25-29-33-43(45(50-37-15-7)41(48-35-13-5)31-27-19-11-3)52-39-47-40-53-44(34-30-26-24-22-18-10-2)46(51-38-16-8)42(49-36-14-6)32-28-20-12-4/h43-44H,9-40H2,1-8H3. The van der Waals surface area contributed by atoms with Crippen molar-refractivity contribution in [2.24, 2.45) is 0 Å². The summed E-state index contributed by atoms with van der Waals surface area (Å²) in [5.74, 6) is 3.67. The van der Waals surface area contributed by atoms with Crippen LogP contribution >= 0.6 is 0 Å². The maximum atomic E-state index is 6.57. The minimum atomic E-state index is -0.212. The van der Waals surface area contributed by atoms with E-state index in [4.69, 9.17) is 33.2 Å². The molecule has 0 aromatic carbocycles. The monoisotopic (exact) mass is 755 g/mol. The molecule has 0 heterocycles. The van der Waals surface area contributed by atoms with Crippen LogP contribution < -0.4 is 0 Å². The maximum Gasteiger partial charge on any atom is 0.162 e. The molecule has 0 saturated heterocycles. The smallest absolute Gasteiger partial charge is 0.162 e. The van der Waals surface area contributed by atoms with Gasteiger partial charge < -0.3 is 33.2 Å². The molecule has 7 heteroatoms. The van der Waals surface area contributed by atoms with Crippen LogP contribution in [-0.2, 0) is 33.2 Å². The summed E-state index contributed by atoms with van der Waals surface area (Å²) in [7, 11) is 0. The van der Waals surface area contributed by atoms with E-state index in [1.165, 1.54) is 89.9 Å². The van der Waals surface area contributed by atoms with Crippen LogP contribution in [0.25, 0.3) is 0 Å². The average molecular weight is 755 g/mol. The Balaban J connectivity index is 6.11. The van der Waals surface area contributed by atoms with Gasteiger partial charge in [-0.3, -0.25) is 0 Å². The van der Waals surface area contributed by atoms with E-state index >= 15 is 0 Å². The summed E-state index contributed by atoms with van der Waals surface area (Å²) in [6.07, 6.45) is 28.5. The lowest BCUT2D eigenvalue weighted by atomic mass is 10.0. The van der Waals surface area contributed by atoms with Crippen LogP contribution in [0.5, 0.6) is 0 Å². The molecule has 0 rings (SSSR count). The molecule has 316 valence electrons. The minimum absolute atomic E-state index is 0.129. The number of hydrogen-bond donors (Lipinski definition) is 0. The molecule has 2 atom stereocenters. The van der Waals surface area contributed by atoms with E-state index in [0.717, 1.165) is 100 Å². The third-order valence-corrected chi connectivity index (χ3v) is 9.38. The normalized spacial score (nSPS) is 13.7. The van der Waals surface area contributed by atoms with Gasteiger partial charge in [-0.2, -0.15) is 0 Å². The zero-order valence-corrected chi connectivity index (χ0v) is 36.6. The first kappa shape index (κ1) is 51.6. The van der Waals surface area contributed by atoms with Gasteiger partial charge in [0.05, 0.1) is 26.4 Å². The van der Waals surface area contributed by atoms with Crippen LogP contribution in [0.3, 0.4) is 0 Å². The highest BCUT2D eigenvalue weighted by Gasteiger charge is 2.25. The van der Waals surface area contributed by atoms with Gasteiger partial charge in [0.1, 0.15) is 23.7 Å². The highest BCUT2D eigenvalue weighted by molar-refractivity contribution is 5.09. The number of allylic oxidation sites excluding steroid dienone is 2. The molecular weight excluding hydrogens is 664 g/mol. The van der Waals surface area contributed by atoms with E-state index in [1.54, 1.807) is 0 Å². The van der Waals surface area contributed by atoms with Crippen molar-refractivity contribution in [3.63, 3.8) is 0 Å². The molecule has 0 aromatic rings. The lowest BCUT2D eigenvalue weighted by Gasteiger charge is -2.26. The highest BCUT2D eigenvalue weighted by Crippen LogP contribution is 2.27. The van der Waals surface area contributed by atoms with Crippen LogP contribution in [0.15, 0.2) is 23.0 Å². The second-order valence-electron chi connectivity index (χ2n) is 14.7. The van der Waals surface area contributed by atoms with Crippen molar-refractivity contribution in [1.82, 2.24) is 0 Å². The summed E-state index contributed by atoms with van der Waals surface area (Å²) < 4.78 is 45.1. The molecule has 0 fully saturated rings. The molecule has 2 unspecified atom stereocenters. The number of unbranched alkanes of at least 4 members (excludes halogenated alkanes) is 14. The van der Waals surface area contributed by atoms with Gasteiger partial charge in [-0.1, -0.05) is 158 Å². The van der Waals surface area contributed by atoms with Gasteiger partial charge >= 0.3 is 0 Å².